The largest absolute Gasteiger partial charge is 0.296 e. The molecule has 0 aromatic heterocycles. The Morgan fingerprint density at radius 1 is 1.15 bits per heavy atom. The Hall–Kier alpha value is -1.51. The van der Waals surface area contributed by atoms with Gasteiger partial charge in [0.15, 0.2) is 5.78 Å². The number of hydrogen-bond acceptors (Lipinski definition) is 2. The molecule has 0 heterocycles. The number of Topliss-reactive ketones (excluding diaryl/α,β-unsaturated/α-hetero) is 2. The van der Waals surface area contributed by atoms with Gasteiger partial charge >= 0.3 is 0 Å². The number of alkyl halides is 1. The van der Waals surface area contributed by atoms with Crippen LogP contribution in [-0.4, -0.2) is 17.7 Å². The summed E-state index contributed by atoms with van der Waals surface area (Å²) < 4.78 is 14.1. The standard InChI is InChI=1S/C17H23FO2/c1-5-12-7-8-13(6-2)14(10-12)17(20)16(18)15(19)9-11(3)4/h7-8,10-11,16H,5-6,9H2,1-4H3. The highest BCUT2D eigenvalue weighted by Crippen LogP contribution is 2.18. The summed E-state index contributed by atoms with van der Waals surface area (Å²) in [5, 5.41) is 0. The lowest BCUT2D eigenvalue weighted by Gasteiger charge is -2.12. The molecule has 0 fully saturated rings. The first-order chi connectivity index (χ1) is 9.40. The van der Waals surface area contributed by atoms with Crippen LogP contribution in [0.15, 0.2) is 18.2 Å². The third-order valence-corrected chi connectivity index (χ3v) is 3.35. The minimum absolute atomic E-state index is 0.0566. The molecule has 20 heavy (non-hydrogen) atoms. The van der Waals surface area contributed by atoms with Crippen molar-refractivity contribution < 1.29 is 14.0 Å². The van der Waals surface area contributed by atoms with Crippen molar-refractivity contribution in [2.75, 3.05) is 0 Å². The van der Waals surface area contributed by atoms with E-state index >= 15 is 0 Å². The Morgan fingerprint density at radius 3 is 2.30 bits per heavy atom. The first kappa shape index (κ1) is 16.5. The predicted octanol–water partition coefficient (Wildman–Crippen LogP) is 3.95. The van der Waals surface area contributed by atoms with Crippen LogP contribution in [0.2, 0.25) is 0 Å². The normalized spacial score (nSPS) is 12.5. The Morgan fingerprint density at radius 2 is 1.80 bits per heavy atom. The van der Waals surface area contributed by atoms with Crippen molar-refractivity contribution in [3.05, 3.63) is 34.9 Å². The van der Waals surface area contributed by atoms with Crippen molar-refractivity contribution in [2.45, 2.75) is 53.1 Å². The molecule has 1 rings (SSSR count). The van der Waals surface area contributed by atoms with Gasteiger partial charge in [0.25, 0.3) is 0 Å². The smallest absolute Gasteiger partial charge is 0.220 e. The summed E-state index contributed by atoms with van der Waals surface area (Å²) >= 11 is 0. The van der Waals surface area contributed by atoms with Gasteiger partial charge in [0, 0.05) is 12.0 Å². The lowest BCUT2D eigenvalue weighted by atomic mass is 9.93. The van der Waals surface area contributed by atoms with E-state index in [0.29, 0.717) is 12.0 Å². The molecule has 110 valence electrons. The van der Waals surface area contributed by atoms with Gasteiger partial charge < -0.3 is 0 Å². The number of carbonyl (C=O) groups excluding carboxylic acids is 2. The molecule has 0 N–H and O–H groups in total. The van der Waals surface area contributed by atoms with E-state index < -0.39 is 17.7 Å². The lowest BCUT2D eigenvalue weighted by molar-refractivity contribution is -0.122. The van der Waals surface area contributed by atoms with Gasteiger partial charge in [0.2, 0.25) is 12.0 Å². The summed E-state index contributed by atoms with van der Waals surface area (Å²) in [5.74, 6) is -1.25. The minimum atomic E-state index is -2.03. The molecule has 3 heteroatoms. The van der Waals surface area contributed by atoms with E-state index in [1.54, 1.807) is 6.07 Å². The third kappa shape index (κ3) is 3.99. The fourth-order valence-electron chi connectivity index (χ4n) is 2.17. The molecule has 0 amide bonds. The van der Waals surface area contributed by atoms with E-state index in [-0.39, 0.29) is 12.3 Å². The highest BCUT2D eigenvalue weighted by atomic mass is 19.1. The molecule has 1 unspecified atom stereocenters. The summed E-state index contributed by atoms with van der Waals surface area (Å²) in [6.07, 6.45) is -0.506. The monoisotopic (exact) mass is 278 g/mol. The summed E-state index contributed by atoms with van der Waals surface area (Å²) in [5.41, 5.74) is 2.14. The van der Waals surface area contributed by atoms with Crippen LogP contribution in [0.1, 0.15) is 55.6 Å². The molecule has 0 aliphatic rings. The minimum Gasteiger partial charge on any atom is -0.296 e. The van der Waals surface area contributed by atoms with Gasteiger partial charge in [-0.15, -0.1) is 0 Å². The van der Waals surface area contributed by atoms with Gasteiger partial charge in [-0.2, -0.15) is 0 Å². The molecule has 0 aliphatic heterocycles. The topological polar surface area (TPSA) is 34.1 Å². The van der Waals surface area contributed by atoms with Crippen molar-refractivity contribution in [1.82, 2.24) is 0 Å². The first-order valence-corrected chi connectivity index (χ1v) is 7.23. The van der Waals surface area contributed by atoms with Crippen LogP contribution in [-0.2, 0) is 17.6 Å². The molecule has 0 saturated heterocycles. The summed E-state index contributed by atoms with van der Waals surface area (Å²) in [6, 6.07) is 5.51. The highest BCUT2D eigenvalue weighted by molar-refractivity contribution is 6.13. The maximum Gasteiger partial charge on any atom is 0.220 e. The number of hydrogen-bond donors (Lipinski definition) is 0. The van der Waals surface area contributed by atoms with Crippen LogP contribution >= 0.6 is 0 Å². The number of halogens is 1. The average Bonchev–Trinajstić information content (AvgIpc) is 2.44. The van der Waals surface area contributed by atoms with Crippen LogP contribution in [0.25, 0.3) is 0 Å². The fraction of sp³-hybridized carbons (Fsp3) is 0.529. The SMILES string of the molecule is CCc1ccc(CC)c(C(=O)C(F)C(=O)CC(C)C)c1. The molecule has 1 aromatic rings. The van der Waals surface area contributed by atoms with Crippen LogP contribution in [0.5, 0.6) is 0 Å². The highest BCUT2D eigenvalue weighted by Gasteiger charge is 2.28. The summed E-state index contributed by atoms with van der Waals surface area (Å²) in [7, 11) is 0. The van der Waals surface area contributed by atoms with Gasteiger partial charge in [0.05, 0.1) is 0 Å². The van der Waals surface area contributed by atoms with E-state index in [1.165, 1.54) is 0 Å². The van der Waals surface area contributed by atoms with Gasteiger partial charge in [-0.3, -0.25) is 9.59 Å². The predicted molar refractivity (Wildman–Crippen MR) is 78.9 cm³/mol. The van der Waals surface area contributed by atoms with E-state index in [1.807, 2.05) is 39.8 Å². The van der Waals surface area contributed by atoms with Crippen LogP contribution < -0.4 is 0 Å². The first-order valence-electron chi connectivity index (χ1n) is 7.23. The Balaban J connectivity index is 3.03. The van der Waals surface area contributed by atoms with Crippen molar-refractivity contribution in [2.24, 2.45) is 5.92 Å². The summed E-state index contributed by atoms with van der Waals surface area (Å²) in [6.45, 7) is 7.57. The molecule has 0 radical (unpaired) electrons. The molecular weight excluding hydrogens is 255 g/mol. The number of benzene rings is 1. The molecule has 1 atom stereocenters. The summed E-state index contributed by atoms with van der Waals surface area (Å²) in [4.78, 5) is 23.9. The number of aryl methyl sites for hydroxylation is 2. The Labute approximate surface area is 120 Å². The van der Waals surface area contributed by atoms with Crippen molar-refractivity contribution in [3.8, 4) is 0 Å². The molecule has 2 nitrogen and oxygen atoms in total. The zero-order chi connectivity index (χ0) is 15.3. The maximum absolute atomic E-state index is 14.1. The molecule has 0 saturated carbocycles. The number of ketones is 2. The van der Waals surface area contributed by atoms with Crippen molar-refractivity contribution in [1.29, 1.82) is 0 Å². The van der Waals surface area contributed by atoms with Crippen LogP contribution in [0.4, 0.5) is 4.39 Å². The Bertz CT molecular complexity index is 492. The quantitative estimate of drug-likeness (QED) is 0.559. The second kappa shape index (κ2) is 7.32. The zero-order valence-electron chi connectivity index (χ0n) is 12.7. The van der Waals surface area contributed by atoms with E-state index in [9.17, 15) is 14.0 Å². The second-order valence-electron chi connectivity index (χ2n) is 5.49. The lowest BCUT2D eigenvalue weighted by Crippen LogP contribution is -2.27. The van der Waals surface area contributed by atoms with Gasteiger partial charge in [-0.25, -0.2) is 4.39 Å². The van der Waals surface area contributed by atoms with Gasteiger partial charge in [-0.05, 0) is 36.0 Å². The molecule has 0 bridgehead atoms. The second-order valence-corrected chi connectivity index (χ2v) is 5.49. The van der Waals surface area contributed by atoms with Gasteiger partial charge in [0.1, 0.15) is 0 Å². The van der Waals surface area contributed by atoms with Crippen molar-refractivity contribution >= 4 is 11.6 Å². The molecular formula is C17H23FO2. The van der Waals surface area contributed by atoms with E-state index in [2.05, 4.69) is 0 Å². The zero-order valence-corrected chi connectivity index (χ0v) is 12.7. The van der Waals surface area contributed by atoms with Crippen LogP contribution in [0, 0.1) is 5.92 Å². The van der Waals surface area contributed by atoms with Crippen molar-refractivity contribution in [3.63, 3.8) is 0 Å². The fourth-order valence-corrected chi connectivity index (χ4v) is 2.17. The van der Waals surface area contributed by atoms with Gasteiger partial charge in [-0.1, -0.05) is 39.8 Å². The Kier molecular flexibility index (Phi) is 6.05. The number of rotatable bonds is 7. The molecule has 1 aromatic carbocycles. The third-order valence-electron chi connectivity index (χ3n) is 3.35. The molecule has 0 aliphatic carbocycles. The number of carbonyl (C=O) groups is 2. The van der Waals surface area contributed by atoms with E-state index in [0.717, 1.165) is 17.5 Å². The van der Waals surface area contributed by atoms with Crippen LogP contribution in [0.3, 0.4) is 0 Å². The molecule has 0 spiro atoms. The van der Waals surface area contributed by atoms with E-state index in [4.69, 9.17) is 0 Å². The maximum atomic E-state index is 14.1. The average molecular weight is 278 g/mol.